The Hall–Kier alpha value is -2.83. The number of rotatable bonds is 6. The van der Waals surface area contributed by atoms with Crippen LogP contribution in [0.4, 0.5) is 11.4 Å². The number of para-hydroxylation sites is 1. The van der Waals surface area contributed by atoms with Gasteiger partial charge in [0.2, 0.25) is 0 Å². The van der Waals surface area contributed by atoms with Gasteiger partial charge >= 0.3 is 0 Å². The Morgan fingerprint density at radius 2 is 1.66 bits per heavy atom. The second-order valence-corrected chi connectivity index (χ2v) is 8.79. The highest BCUT2D eigenvalue weighted by Gasteiger charge is 2.22. The minimum absolute atomic E-state index is 0.170. The van der Waals surface area contributed by atoms with Crippen LogP contribution in [0.5, 0.6) is 0 Å². The molecule has 0 saturated carbocycles. The third kappa shape index (κ3) is 4.44. The Bertz CT molecular complexity index is 1130. The van der Waals surface area contributed by atoms with Gasteiger partial charge in [0.1, 0.15) is 0 Å². The van der Waals surface area contributed by atoms with Crippen LogP contribution in [0.15, 0.2) is 77.7 Å². The van der Waals surface area contributed by atoms with Gasteiger partial charge in [0.15, 0.2) is 0 Å². The van der Waals surface area contributed by atoms with Crippen LogP contribution in [-0.4, -0.2) is 21.4 Å². The van der Waals surface area contributed by atoms with Crippen molar-refractivity contribution in [3.63, 3.8) is 0 Å². The number of aryl methyl sites for hydroxylation is 1. The number of hydrogen-bond donors (Lipinski definition) is 1. The number of amides is 1. The highest BCUT2D eigenvalue weighted by atomic mass is 35.5. The molecule has 0 fully saturated rings. The van der Waals surface area contributed by atoms with E-state index in [1.165, 1.54) is 31.3 Å². The first-order valence-electron chi connectivity index (χ1n) is 9.07. The molecule has 0 aliphatic carbocycles. The lowest BCUT2D eigenvalue weighted by molar-refractivity contribution is 0.102. The van der Waals surface area contributed by atoms with E-state index in [9.17, 15) is 13.2 Å². The summed E-state index contributed by atoms with van der Waals surface area (Å²) in [7, 11) is -2.28. The van der Waals surface area contributed by atoms with E-state index in [1.807, 2.05) is 31.2 Å². The van der Waals surface area contributed by atoms with Crippen molar-refractivity contribution in [2.45, 2.75) is 18.2 Å². The highest BCUT2D eigenvalue weighted by Crippen LogP contribution is 2.28. The summed E-state index contributed by atoms with van der Waals surface area (Å²) in [6.07, 6.45) is 0.783. The fourth-order valence-electron chi connectivity index (χ4n) is 2.91. The number of hydrogen-bond acceptors (Lipinski definition) is 3. The molecule has 0 radical (unpaired) electrons. The Morgan fingerprint density at radius 3 is 2.31 bits per heavy atom. The molecule has 1 amide bonds. The fraction of sp³-hybridized carbons (Fsp3) is 0.136. The molecule has 0 spiro atoms. The Labute approximate surface area is 176 Å². The van der Waals surface area contributed by atoms with Crippen LogP contribution in [0.1, 0.15) is 22.8 Å². The molecular weight excluding hydrogens is 408 g/mol. The van der Waals surface area contributed by atoms with E-state index in [0.717, 1.165) is 22.0 Å². The van der Waals surface area contributed by atoms with Crippen molar-refractivity contribution >= 4 is 38.9 Å². The highest BCUT2D eigenvalue weighted by molar-refractivity contribution is 7.92. The second kappa shape index (κ2) is 8.68. The molecular formula is C22H21ClN2O3S. The first kappa shape index (κ1) is 20.9. The monoisotopic (exact) mass is 428 g/mol. The van der Waals surface area contributed by atoms with Crippen LogP contribution < -0.4 is 9.62 Å². The number of carbonyl (C=O) groups is 1. The molecule has 150 valence electrons. The molecule has 0 bridgehead atoms. The quantitative estimate of drug-likeness (QED) is 0.602. The zero-order valence-corrected chi connectivity index (χ0v) is 17.7. The van der Waals surface area contributed by atoms with E-state index in [0.29, 0.717) is 5.69 Å². The van der Waals surface area contributed by atoms with Gasteiger partial charge in [-0.2, -0.15) is 0 Å². The standard InChI is InChI=1S/C22H21ClN2O3S/c1-3-16-9-7-8-12-21(16)24-22(26)19-14-13-17(15-20(19)23)25(2)29(27,28)18-10-5-4-6-11-18/h4-15H,3H2,1-2H3,(H,24,26). The van der Waals surface area contributed by atoms with E-state index in [1.54, 1.807) is 24.3 Å². The molecule has 3 aromatic carbocycles. The van der Waals surface area contributed by atoms with Crippen molar-refractivity contribution in [1.29, 1.82) is 0 Å². The van der Waals surface area contributed by atoms with Crippen molar-refractivity contribution in [3.05, 3.63) is 88.9 Å². The topological polar surface area (TPSA) is 66.5 Å². The molecule has 0 unspecified atom stereocenters. The number of nitrogens with zero attached hydrogens (tertiary/aromatic N) is 1. The molecule has 0 heterocycles. The van der Waals surface area contributed by atoms with Crippen molar-refractivity contribution in [3.8, 4) is 0 Å². The third-order valence-corrected chi connectivity index (χ3v) is 6.72. The number of sulfonamides is 1. The van der Waals surface area contributed by atoms with Gasteiger partial charge in [-0.1, -0.05) is 54.9 Å². The average molecular weight is 429 g/mol. The number of nitrogens with one attached hydrogen (secondary N) is 1. The van der Waals surface area contributed by atoms with Crippen molar-refractivity contribution in [2.75, 3.05) is 16.7 Å². The Kier molecular flexibility index (Phi) is 6.25. The number of benzene rings is 3. The smallest absolute Gasteiger partial charge is 0.264 e. The van der Waals surface area contributed by atoms with E-state index in [4.69, 9.17) is 11.6 Å². The van der Waals surface area contributed by atoms with Crippen molar-refractivity contribution in [1.82, 2.24) is 0 Å². The molecule has 0 saturated heterocycles. The van der Waals surface area contributed by atoms with E-state index >= 15 is 0 Å². The summed E-state index contributed by atoms with van der Waals surface area (Å²) >= 11 is 6.32. The molecule has 29 heavy (non-hydrogen) atoms. The summed E-state index contributed by atoms with van der Waals surface area (Å²) in [5, 5.41) is 3.04. The van der Waals surface area contributed by atoms with Gasteiger partial charge in [0.05, 0.1) is 21.2 Å². The van der Waals surface area contributed by atoms with Gasteiger partial charge in [-0.3, -0.25) is 9.10 Å². The normalized spacial score (nSPS) is 11.1. The number of carbonyl (C=O) groups excluding carboxylic acids is 1. The SMILES string of the molecule is CCc1ccccc1NC(=O)c1ccc(N(C)S(=O)(=O)c2ccccc2)cc1Cl. The summed E-state index contributed by atoms with van der Waals surface area (Å²) in [6.45, 7) is 2.01. The maximum atomic E-state index is 12.8. The molecule has 0 aromatic heterocycles. The van der Waals surface area contributed by atoms with Crippen LogP contribution in [0, 0.1) is 0 Å². The molecule has 0 aliphatic heterocycles. The third-order valence-electron chi connectivity index (χ3n) is 4.61. The van der Waals surface area contributed by atoms with Gasteiger partial charge < -0.3 is 5.32 Å². The second-order valence-electron chi connectivity index (χ2n) is 6.41. The largest absolute Gasteiger partial charge is 0.322 e. The molecule has 3 rings (SSSR count). The lowest BCUT2D eigenvalue weighted by atomic mass is 10.1. The molecule has 5 nitrogen and oxygen atoms in total. The minimum atomic E-state index is -3.73. The van der Waals surface area contributed by atoms with Gasteiger partial charge in [0.25, 0.3) is 15.9 Å². The molecule has 7 heteroatoms. The first-order chi connectivity index (χ1) is 13.8. The summed E-state index contributed by atoms with van der Waals surface area (Å²) in [5.41, 5.74) is 2.38. The predicted octanol–water partition coefficient (Wildman–Crippen LogP) is 4.98. The molecule has 0 aliphatic rings. The molecule has 3 aromatic rings. The van der Waals surface area contributed by atoms with Crippen LogP contribution in [0.3, 0.4) is 0 Å². The maximum absolute atomic E-state index is 12.8. The lowest BCUT2D eigenvalue weighted by Crippen LogP contribution is -2.26. The first-order valence-corrected chi connectivity index (χ1v) is 10.9. The minimum Gasteiger partial charge on any atom is -0.322 e. The Balaban J connectivity index is 1.86. The summed E-state index contributed by atoms with van der Waals surface area (Å²) in [5.74, 6) is -0.351. The summed E-state index contributed by atoms with van der Waals surface area (Å²) in [6, 6.07) is 20.2. The van der Waals surface area contributed by atoms with Crippen molar-refractivity contribution in [2.24, 2.45) is 0 Å². The zero-order chi connectivity index (χ0) is 21.0. The zero-order valence-electron chi connectivity index (χ0n) is 16.1. The summed E-state index contributed by atoms with van der Waals surface area (Å²) in [4.78, 5) is 12.9. The van der Waals surface area contributed by atoms with Crippen LogP contribution in [-0.2, 0) is 16.4 Å². The Morgan fingerprint density at radius 1 is 1.00 bits per heavy atom. The number of halogens is 1. The predicted molar refractivity (Wildman–Crippen MR) is 117 cm³/mol. The van der Waals surface area contributed by atoms with Crippen molar-refractivity contribution < 1.29 is 13.2 Å². The van der Waals surface area contributed by atoms with Gasteiger partial charge in [-0.05, 0) is 48.4 Å². The van der Waals surface area contributed by atoms with E-state index < -0.39 is 10.0 Å². The average Bonchev–Trinajstić information content (AvgIpc) is 2.74. The van der Waals surface area contributed by atoms with Gasteiger partial charge in [-0.15, -0.1) is 0 Å². The molecule has 1 N–H and O–H groups in total. The lowest BCUT2D eigenvalue weighted by Gasteiger charge is -2.20. The van der Waals surface area contributed by atoms with Crippen LogP contribution in [0.25, 0.3) is 0 Å². The fourth-order valence-corrected chi connectivity index (χ4v) is 4.38. The van der Waals surface area contributed by atoms with Gasteiger partial charge in [0, 0.05) is 12.7 Å². The summed E-state index contributed by atoms with van der Waals surface area (Å²) < 4.78 is 26.7. The number of anilines is 2. The molecule has 0 atom stereocenters. The van der Waals surface area contributed by atoms with Gasteiger partial charge in [-0.25, -0.2) is 8.42 Å². The van der Waals surface area contributed by atoms with E-state index in [-0.39, 0.29) is 21.4 Å². The maximum Gasteiger partial charge on any atom is 0.264 e. The van der Waals surface area contributed by atoms with Crippen LogP contribution in [0.2, 0.25) is 5.02 Å². The van der Waals surface area contributed by atoms with Crippen LogP contribution >= 0.6 is 11.6 Å². The van der Waals surface area contributed by atoms with E-state index in [2.05, 4.69) is 5.32 Å².